The van der Waals surface area contributed by atoms with E-state index in [-0.39, 0.29) is 0 Å². The fourth-order valence-corrected chi connectivity index (χ4v) is 3.47. The van der Waals surface area contributed by atoms with E-state index in [1.807, 2.05) is 11.3 Å². The standard InChI is InChI=1S/C14H22N2S/c1-11(13-5-7-17-10-13)16-6-4-12(9-16)8-15-14-2-3-14/h5,7,10-12,14-15H,2-4,6,8-9H2,1H3. The molecule has 3 heteroatoms. The summed E-state index contributed by atoms with van der Waals surface area (Å²) in [6.45, 7) is 6.13. The molecule has 1 aromatic rings. The highest BCUT2D eigenvalue weighted by Gasteiger charge is 2.28. The van der Waals surface area contributed by atoms with Gasteiger partial charge < -0.3 is 5.32 Å². The summed E-state index contributed by atoms with van der Waals surface area (Å²) in [5.41, 5.74) is 1.49. The molecule has 3 rings (SSSR count). The Labute approximate surface area is 108 Å². The van der Waals surface area contributed by atoms with Crippen LogP contribution in [0, 0.1) is 5.92 Å². The Hall–Kier alpha value is -0.380. The van der Waals surface area contributed by atoms with Gasteiger partial charge in [-0.3, -0.25) is 4.90 Å². The molecule has 2 unspecified atom stereocenters. The summed E-state index contributed by atoms with van der Waals surface area (Å²) in [5, 5.41) is 8.15. The Bertz CT molecular complexity index is 345. The van der Waals surface area contributed by atoms with E-state index in [1.54, 1.807) is 0 Å². The molecule has 1 aliphatic heterocycles. The van der Waals surface area contributed by atoms with Gasteiger partial charge in [0.25, 0.3) is 0 Å². The van der Waals surface area contributed by atoms with E-state index < -0.39 is 0 Å². The van der Waals surface area contributed by atoms with Gasteiger partial charge in [-0.15, -0.1) is 0 Å². The maximum Gasteiger partial charge on any atom is 0.0328 e. The predicted octanol–water partition coefficient (Wildman–Crippen LogP) is 2.88. The molecule has 2 aliphatic rings. The molecule has 1 saturated carbocycles. The van der Waals surface area contributed by atoms with Crippen LogP contribution in [0.2, 0.25) is 0 Å². The molecule has 1 N–H and O–H groups in total. The van der Waals surface area contributed by atoms with Crippen molar-refractivity contribution in [3.63, 3.8) is 0 Å². The average Bonchev–Trinajstić information content (AvgIpc) is 2.86. The van der Waals surface area contributed by atoms with Crippen molar-refractivity contribution in [1.29, 1.82) is 0 Å². The summed E-state index contributed by atoms with van der Waals surface area (Å²) < 4.78 is 0. The third-order valence-corrected chi connectivity index (χ3v) is 4.86. The van der Waals surface area contributed by atoms with Crippen molar-refractivity contribution >= 4 is 11.3 Å². The number of hydrogen-bond donors (Lipinski definition) is 1. The van der Waals surface area contributed by atoms with Gasteiger partial charge in [-0.2, -0.15) is 11.3 Å². The van der Waals surface area contributed by atoms with E-state index in [2.05, 4.69) is 34.0 Å². The molecular weight excluding hydrogens is 228 g/mol. The van der Waals surface area contributed by atoms with Crippen LogP contribution < -0.4 is 5.32 Å². The van der Waals surface area contributed by atoms with E-state index in [9.17, 15) is 0 Å². The van der Waals surface area contributed by atoms with Gasteiger partial charge in [0.05, 0.1) is 0 Å². The van der Waals surface area contributed by atoms with E-state index >= 15 is 0 Å². The first-order valence-corrected chi connectivity index (χ1v) is 7.77. The third kappa shape index (κ3) is 2.90. The zero-order valence-corrected chi connectivity index (χ0v) is 11.4. The first kappa shape index (κ1) is 11.7. The number of hydrogen-bond acceptors (Lipinski definition) is 3. The smallest absolute Gasteiger partial charge is 0.0328 e. The summed E-state index contributed by atoms with van der Waals surface area (Å²) in [6.07, 6.45) is 4.18. The molecule has 1 saturated heterocycles. The summed E-state index contributed by atoms with van der Waals surface area (Å²) in [7, 11) is 0. The van der Waals surface area contributed by atoms with Crippen LogP contribution in [0.1, 0.15) is 37.8 Å². The second-order valence-corrected chi connectivity index (χ2v) is 6.34. The van der Waals surface area contributed by atoms with Crippen LogP contribution in [-0.2, 0) is 0 Å². The van der Waals surface area contributed by atoms with E-state index in [0.29, 0.717) is 6.04 Å². The van der Waals surface area contributed by atoms with Gasteiger partial charge in [0.2, 0.25) is 0 Å². The molecule has 2 fully saturated rings. The lowest BCUT2D eigenvalue weighted by Crippen LogP contribution is -2.29. The Morgan fingerprint density at radius 1 is 1.47 bits per heavy atom. The zero-order valence-electron chi connectivity index (χ0n) is 10.6. The molecule has 2 heterocycles. The van der Waals surface area contributed by atoms with Crippen LogP contribution in [-0.4, -0.2) is 30.6 Å². The molecule has 0 aromatic carbocycles. The van der Waals surface area contributed by atoms with Gasteiger partial charge in [-0.25, -0.2) is 0 Å². The molecule has 1 aromatic heterocycles. The highest BCUT2D eigenvalue weighted by atomic mass is 32.1. The van der Waals surface area contributed by atoms with Crippen LogP contribution in [0.5, 0.6) is 0 Å². The minimum Gasteiger partial charge on any atom is -0.314 e. The molecule has 94 valence electrons. The van der Waals surface area contributed by atoms with Gasteiger partial charge in [0, 0.05) is 18.6 Å². The molecule has 2 nitrogen and oxygen atoms in total. The van der Waals surface area contributed by atoms with Crippen LogP contribution >= 0.6 is 11.3 Å². The first-order chi connectivity index (χ1) is 8.33. The molecule has 0 radical (unpaired) electrons. The summed E-state index contributed by atoms with van der Waals surface area (Å²) in [6, 6.07) is 3.73. The molecule has 1 aliphatic carbocycles. The Kier molecular flexibility index (Phi) is 3.50. The highest BCUT2D eigenvalue weighted by Crippen LogP contribution is 2.28. The lowest BCUT2D eigenvalue weighted by atomic mass is 10.1. The predicted molar refractivity (Wildman–Crippen MR) is 73.4 cm³/mol. The quantitative estimate of drug-likeness (QED) is 0.864. The van der Waals surface area contributed by atoms with Crippen molar-refractivity contribution in [2.75, 3.05) is 19.6 Å². The van der Waals surface area contributed by atoms with Crippen molar-refractivity contribution in [3.8, 4) is 0 Å². The van der Waals surface area contributed by atoms with Crippen molar-refractivity contribution in [2.24, 2.45) is 5.92 Å². The average molecular weight is 250 g/mol. The summed E-state index contributed by atoms with van der Waals surface area (Å²) >= 11 is 1.81. The lowest BCUT2D eigenvalue weighted by Gasteiger charge is -2.23. The summed E-state index contributed by atoms with van der Waals surface area (Å²) in [5.74, 6) is 0.872. The van der Waals surface area contributed by atoms with Crippen LogP contribution in [0.3, 0.4) is 0 Å². The highest BCUT2D eigenvalue weighted by molar-refractivity contribution is 7.07. The molecule has 0 amide bonds. The van der Waals surface area contributed by atoms with Gasteiger partial charge in [-0.1, -0.05) is 0 Å². The fraction of sp³-hybridized carbons (Fsp3) is 0.714. The Balaban J connectivity index is 1.49. The van der Waals surface area contributed by atoms with Crippen LogP contribution in [0.4, 0.5) is 0 Å². The van der Waals surface area contributed by atoms with Gasteiger partial charge in [0.15, 0.2) is 0 Å². The number of likely N-dealkylation sites (tertiary alicyclic amines) is 1. The Morgan fingerprint density at radius 2 is 2.35 bits per heavy atom. The lowest BCUT2D eigenvalue weighted by molar-refractivity contribution is 0.252. The molecule has 0 bridgehead atoms. The van der Waals surface area contributed by atoms with Crippen molar-refractivity contribution < 1.29 is 0 Å². The zero-order chi connectivity index (χ0) is 11.7. The largest absolute Gasteiger partial charge is 0.314 e. The normalized spacial score (nSPS) is 27.5. The SMILES string of the molecule is CC(c1ccsc1)N1CCC(CNC2CC2)C1. The van der Waals surface area contributed by atoms with E-state index in [4.69, 9.17) is 0 Å². The molecule has 17 heavy (non-hydrogen) atoms. The number of thiophene rings is 1. The number of nitrogens with zero attached hydrogens (tertiary/aromatic N) is 1. The topological polar surface area (TPSA) is 15.3 Å². The minimum atomic E-state index is 0.604. The maximum absolute atomic E-state index is 3.67. The Morgan fingerprint density at radius 3 is 3.06 bits per heavy atom. The van der Waals surface area contributed by atoms with Gasteiger partial charge in [0.1, 0.15) is 0 Å². The third-order valence-electron chi connectivity index (χ3n) is 4.16. The monoisotopic (exact) mass is 250 g/mol. The summed E-state index contributed by atoms with van der Waals surface area (Å²) in [4.78, 5) is 2.64. The minimum absolute atomic E-state index is 0.604. The molecule has 0 spiro atoms. The van der Waals surface area contributed by atoms with Crippen molar-refractivity contribution in [1.82, 2.24) is 10.2 Å². The van der Waals surface area contributed by atoms with Crippen LogP contribution in [0.25, 0.3) is 0 Å². The van der Waals surface area contributed by atoms with Crippen molar-refractivity contribution in [3.05, 3.63) is 22.4 Å². The second kappa shape index (κ2) is 5.09. The van der Waals surface area contributed by atoms with Crippen LogP contribution in [0.15, 0.2) is 16.8 Å². The maximum atomic E-state index is 3.67. The first-order valence-electron chi connectivity index (χ1n) is 6.82. The second-order valence-electron chi connectivity index (χ2n) is 5.56. The van der Waals surface area contributed by atoms with E-state index in [1.165, 1.54) is 44.5 Å². The van der Waals surface area contributed by atoms with Gasteiger partial charge in [-0.05, 0) is 67.6 Å². The van der Waals surface area contributed by atoms with Crippen molar-refractivity contribution in [2.45, 2.75) is 38.3 Å². The van der Waals surface area contributed by atoms with Gasteiger partial charge >= 0.3 is 0 Å². The number of nitrogens with one attached hydrogen (secondary N) is 1. The molecular formula is C14H22N2S. The molecule has 2 atom stereocenters. The number of rotatable bonds is 5. The fourth-order valence-electron chi connectivity index (χ4n) is 2.73. The van der Waals surface area contributed by atoms with E-state index in [0.717, 1.165) is 12.0 Å².